The van der Waals surface area contributed by atoms with Crippen LogP contribution < -0.4 is 5.32 Å². The Morgan fingerprint density at radius 3 is 2.64 bits per heavy atom. The summed E-state index contributed by atoms with van der Waals surface area (Å²) in [5, 5.41) is 34.8. The lowest BCUT2D eigenvalue weighted by atomic mass is 9.95. The van der Waals surface area contributed by atoms with Crippen LogP contribution in [0.1, 0.15) is 37.7 Å². The number of aliphatic hydroxyl groups is 3. The molecule has 0 spiro atoms. The number of hydrogen-bond donors (Lipinski definition) is 5. The van der Waals surface area contributed by atoms with E-state index in [1.807, 2.05) is 35.2 Å². The van der Waals surface area contributed by atoms with Gasteiger partial charge in [0.2, 0.25) is 5.72 Å². The number of ether oxygens (including phenoxy) is 1. The predicted octanol–water partition coefficient (Wildman–Crippen LogP) is 0.697. The van der Waals surface area contributed by atoms with E-state index in [0.717, 1.165) is 31.2 Å². The Bertz CT molecular complexity index is 938. The van der Waals surface area contributed by atoms with E-state index in [2.05, 4.69) is 27.9 Å². The number of benzene rings is 1. The van der Waals surface area contributed by atoms with Gasteiger partial charge in [-0.3, -0.25) is 10.2 Å². The molecule has 1 saturated heterocycles. The molecule has 1 aliphatic carbocycles. The lowest BCUT2D eigenvalue weighted by Gasteiger charge is -2.36. The molecule has 9 nitrogen and oxygen atoms in total. The van der Waals surface area contributed by atoms with Crippen molar-refractivity contribution in [1.29, 1.82) is 0 Å². The van der Waals surface area contributed by atoms with Gasteiger partial charge in [-0.05, 0) is 18.4 Å². The van der Waals surface area contributed by atoms with Crippen molar-refractivity contribution in [3.05, 3.63) is 35.9 Å². The number of aliphatic imine (C=N–C) groups is 3. The average molecular weight is 474 g/mol. The molecule has 0 amide bonds. The number of fused-ring (bicyclic) bond motifs is 1. The summed E-state index contributed by atoms with van der Waals surface area (Å²) in [4.78, 5) is 15.5. The summed E-state index contributed by atoms with van der Waals surface area (Å²) < 4.78 is 6.00. The van der Waals surface area contributed by atoms with Crippen molar-refractivity contribution in [2.45, 2.75) is 80.3 Å². The Morgan fingerprint density at radius 2 is 1.94 bits per heavy atom. The van der Waals surface area contributed by atoms with E-state index < -0.39 is 35.7 Å². The number of nitrogens with one attached hydrogen (secondary N) is 1. The fraction of sp³-hybridized carbons (Fsp3) is 0.609. The molecule has 3 heterocycles. The van der Waals surface area contributed by atoms with Crippen LogP contribution in [0.2, 0.25) is 0 Å². The Balaban J connectivity index is 1.47. The maximum Gasteiger partial charge on any atom is 0.208 e. The fourth-order valence-corrected chi connectivity index (χ4v) is 5.51. The van der Waals surface area contributed by atoms with Crippen LogP contribution >= 0.6 is 12.6 Å². The minimum atomic E-state index is -1.57. The van der Waals surface area contributed by atoms with Gasteiger partial charge in [0.1, 0.15) is 24.4 Å². The summed E-state index contributed by atoms with van der Waals surface area (Å²) in [5.74, 6) is 0.451. The van der Waals surface area contributed by atoms with Gasteiger partial charge in [0, 0.05) is 12.5 Å². The second-order valence-electron chi connectivity index (χ2n) is 9.17. The van der Waals surface area contributed by atoms with Gasteiger partial charge in [-0.2, -0.15) is 12.6 Å². The van der Waals surface area contributed by atoms with Gasteiger partial charge in [0.25, 0.3) is 0 Å². The number of amidine groups is 1. The van der Waals surface area contributed by atoms with E-state index in [1.54, 1.807) is 0 Å². The Labute approximate surface area is 198 Å². The van der Waals surface area contributed by atoms with Gasteiger partial charge in [-0.25, -0.2) is 15.0 Å². The van der Waals surface area contributed by atoms with E-state index >= 15 is 0 Å². The van der Waals surface area contributed by atoms with Crippen LogP contribution in [0.15, 0.2) is 45.3 Å². The molecule has 5 rings (SSSR count). The summed E-state index contributed by atoms with van der Waals surface area (Å²) in [7, 11) is 0. The third kappa shape index (κ3) is 4.36. The van der Waals surface area contributed by atoms with Crippen LogP contribution in [0.25, 0.3) is 0 Å². The lowest BCUT2D eigenvalue weighted by Crippen LogP contribution is -2.57. The molecular formula is C23H31N5O4S. The molecule has 0 bridgehead atoms. The first kappa shape index (κ1) is 22.9. The van der Waals surface area contributed by atoms with E-state index in [4.69, 9.17) is 9.73 Å². The van der Waals surface area contributed by atoms with E-state index in [-0.39, 0.29) is 19.1 Å². The van der Waals surface area contributed by atoms with Crippen molar-refractivity contribution in [1.82, 2.24) is 10.2 Å². The molecule has 1 aromatic rings. The number of thiol groups is 1. The van der Waals surface area contributed by atoms with Crippen molar-refractivity contribution >= 4 is 30.5 Å². The first-order valence-corrected chi connectivity index (χ1v) is 12.1. The molecule has 0 aromatic heterocycles. The molecule has 3 aliphatic heterocycles. The third-order valence-corrected chi connectivity index (χ3v) is 7.44. The highest BCUT2D eigenvalue weighted by atomic mass is 32.1. The van der Waals surface area contributed by atoms with Gasteiger partial charge in [-0.1, -0.05) is 49.6 Å². The smallest absolute Gasteiger partial charge is 0.208 e. The lowest BCUT2D eigenvalue weighted by molar-refractivity contribution is -0.0680. The van der Waals surface area contributed by atoms with Crippen molar-refractivity contribution in [2.24, 2.45) is 15.0 Å². The molecule has 178 valence electrons. The highest BCUT2D eigenvalue weighted by molar-refractivity contribution is 7.81. The molecule has 33 heavy (non-hydrogen) atoms. The van der Waals surface area contributed by atoms with Crippen molar-refractivity contribution in [3.8, 4) is 0 Å². The quantitative estimate of drug-likeness (QED) is 0.388. The topological polar surface area (TPSA) is 122 Å². The fourth-order valence-electron chi connectivity index (χ4n) is 5.11. The third-order valence-electron chi connectivity index (χ3n) is 6.88. The van der Waals surface area contributed by atoms with Crippen molar-refractivity contribution < 1.29 is 20.1 Å². The highest BCUT2D eigenvalue weighted by Gasteiger charge is 2.53. The van der Waals surface area contributed by atoms with E-state index in [1.165, 1.54) is 12.8 Å². The molecule has 2 unspecified atom stereocenters. The number of hydrogen-bond acceptors (Lipinski definition) is 10. The zero-order valence-electron chi connectivity index (χ0n) is 18.4. The number of rotatable bonds is 6. The van der Waals surface area contributed by atoms with Crippen LogP contribution in [0.4, 0.5) is 0 Å². The molecule has 4 aliphatic rings. The van der Waals surface area contributed by atoms with Crippen LogP contribution in [0.3, 0.4) is 0 Å². The van der Waals surface area contributed by atoms with Gasteiger partial charge in [0.15, 0.2) is 12.1 Å². The van der Waals surface area contributed by atoms with Crippen molar-refractivity contribution in [2.75, 3.05) is 6.61 Å². The molecule has 2 fully saturated rings. The Kier molecular flexibility index (Phi) is 6.56. The SMILES string of the molecule is OC[C@H]1O[C@@H](N2C3=NC=NC(O)(Cc4ccccc4)C3=NC2NC2CCCCC2)[C@H](S)[C@@H]1O. The summed E-state index contributed by atoms with van der Waals surface area (Å²) in [5.41, 5.74) is -0.274. The second-order valence-corrected chi connectivity index (χ2v) is 9.76. The average Bonchev–Trinajstić information content (AvgIpc) is 3.33. The Morgan fingerprint density at radius 1 is 1.18 bits per heavy atom. The van der Waals surface area contributed by atoms with Gasteiger partial charge >= 0.3 is 0 Å². The maximum absolute atomic E-state index is 11.6. The zero-order chi connectivity index (χ0) is 23.0. The normalized spacial score (nSPS) is 36.6. The molecule has 6 atom stereocenters. The van der Waals surface area contributed by atoms with Gasteiger partial charge in [-0.15, -0.1) is 0 Å². The van der Waals surface area contributed by atoms with Crippen molar-refractivity contribution in [3.63, 3.8) is 0 Å². The Hall–Kier alpha value is -1.82. The summed E-state index contributed by atoms with van der Waals surface area (Å²) >= 11 is 4.60. The van der Waals surface area contributed by atoms with Crippen LogP contribution in [0, 0.1) is 0 Å². The first-order valence-electron chi connectivity index (χ1n) is 11.6. The summed E-state index contributed by atoms with van der Waals surface area (Å²) in [6.45, 7) is -0.317. The highest BCUT2D eigenvalue weighted by Crippen LogP contribution is 2.35. The summed E-state index contributed by atoms with van der Waals surface area (Å²) in [6, 6.07) is 9.93. The maximum atomic E-state index is 11.6. The van der Waals surface area contributed by atoms with E-state index in [0.29, 0.717) is 11.5 Å². The summed E-state index contributed by atoms with van der Waals surface area (Å²) in [6.07, 6.45) is 4.32. The zero-order valence-corrected chi connectivity index (χ0v) is 19.3. The molecule has 10 heteroatoms. The standard InChI is InChI=1S/C23H31N5O4S/c29-12-16-17(30)18(33)21(32-16)28-20-19(27-22(28)26-15-9-5-2-6-10-15)23(31,25-13-24-20)11-14-7-3-1-4-8-14/h1,3-4,7-8,13,15-18,21-22,26,29-31,33H,2,5-6,9-12H2/t16-,17-,18-,21-,22?,23?/m1/s1. The second kappa shape index (κ2) is 9.44. The van der Waals surface area contributed by atoms with Gasteiger partial charge < -0.3 is 20.1 Å². The number of aliphatic hydroxyl groups excluding tert-OH is 2. The molecule has 4 N–H and O–H groups in total. The molecule has 1 aromatic carbocycles. The minimum Gasteiger partial charge on any atom is -0.394 e. The van der Waals surface area contributed by atoms with Crippen LogP contribution in [-0.4, -0.2) is 86.5 Å². The first-order chi connectivity index (χ1) is 16.0. The molecule has 0 radical (unpaired) electrons. The number of nitrogens with zero attached hydrogens (tertiary/aromatic N) is 4. The minimum absolute atomic E-state index is 0.254. The monoisotopic (exact) mass is 473 g/mol. The van der Waals surface area contributed by atoms with Crippen LogP contribution in [0.5, 0.6) is 0 Å². The van der Waals surface area contributed by atoms with E-state index in [9.17, 15) is 15.3 Å². The largest absolute Gasteiger partial charge is 0.394 e. The molecular weight excluding hydrogens is 442 g/mol. The van der Waals surface area contributed by atoms with Gasteiger partial charge in [0.05, 0.1) is 18.0 Å². The van der Waals surface area contributed by atoms with Crippen LogP contribution in [-0.2, 0) is 11.2 Å². The molecule has 1 saturated carbocycles. The predicted molar refractivity (Wildman–Crippen MR) is 129 cm³/mol.